The molecule has 2 aromatic rings. The number of primary sulfonamides is 1. The Kier molecular flexibility index (Phi) is 6.37. The van der Waals surface area contributed by atoms with E-state index in [2.05, 4.69) is 5.32 Å². The fraction of sp³-hybridized carbons (Fsp3) is 0.316. The number of benzene rings is 2. The summed E-state index contributed by atoms with van der Waals surface area (Å²) < 4.78 is 49.8. The summed E-state index contributed by atoms with van der Waals surface area (Å²) in [6.45, 7) is 0.896. The van der Waals surface area contributed by atoms with Crippen molar-refractivity contribution in [2.75, 3.05) is 18.4 Å². The summed E-state index contributed by atoms with van der Waals surface area (Å²) >= 11 is 0. The van der Waals surface area contributed by atoms with Crippen molar-refractivity contribution in [2.24, 2.45) is 5.14 Å². The molecule has 0 radical (unpaired) electrons. The quantitative estimate of drug-likeness (QED) is 0.714. The van der Waals surface area contributed by atoms with Crippen LogP contribution in [0.2, 0.25) is 0 Å². The van der Waals surface area contributed by atoms with Gasteiger partial charge in [-0.25, -0.2) is 22.0 Å². The first-order valence-electron chi connectivity index (χ1n) is 9.17. The predicted molar refractivity (Wildman–Crippen MR) is 110 cm³/mol. The Balaban J connectivity index is 1.82. The van der Waals surface area contributed by atoms with Crippen molar-refractivity contribution < 1.29 is 21.6 Å². The number of piperidine rings is 1. The molecule has 10 heteroatoms. The van der Waals surface area contributed by atoms with E-state index in [4.69, 9.17) is 5.14 Å². The van der Waals surface area contributed by atoms with Crippen LogP contribution < -0.4 is 10.5 Å². The van der Waals surface area contributed by atoms with Crippen LogP contribution in [-0.2, 0) is 25.8 Å². The molecule has 1 aliphatic rings. The topological polar surface area (TPSA) is 127 Å². The molecule has 3 N–H and O–H groups in total. The third-order valence-corrected chi connectivity index (χ3v) is 7.34. The van der Waals surface area contributed by atoms with E-state index in [-0.39, 0.29) is 16.2 Å². The largest absolute Gasteiger partial charge is 0.322 e. The van der Waals surface area contributed by atoms with Crippen molar-refractivity contribution in [3.05, 3.63) is 59.7 Å². The minimum atomic E-state index is -3.77. The van der Waals surface area contributed by atoms with Crippen molar-refractivity contribution in [1.82, 2.24) is 4.31 Å². The first-order valence-corrected chi connectivity index (χ1v) is 12.3. The molecule has 0 saturated carbocycles. The van der Waals surface area contributed by atoms with Crippen LogP contribution in [0.25, 0.3) is 0 Å². The molecule has 3 rings (SSSR count). The van der Waals surface area contributed by atoms with Crippen LogP contribution in [0, 0.1) is 0 Å². The zero-order valence-corrected chi connectivity index (χ0v) is 17.4. The third kappa shape index (κ3) is 5.41. The second kappa shape index (κ2) is 8.62. The minimum Gasteiger partial charge on any atom is -0.322 e. The molecule has 156 valence electrons. The van der Waals surface area contributed by atoms with Crippen molar-refractivity contribution in [1.29, 1.82) is 0 Å². The maximum absolute atomic E-state index is 13.0. The lowest BCUT2D eigenvalue weighted by Gasteiger charge is -2.26. The average molecular weight is 438 g/mol. The van der Waals surface area contributed by atoms with Gasteiger partial charge in [0, 0.05) is 18.8 Å². The van der Waals surface area contributed by atoms with Gasteiger partial charge in [-0.05, 0) is 42.7 Å². The summed E-state index contributed by atoms with van der Waals surface area (Å²) in [6, 6.07) is 12.3. The normalized spacial score (nSPS) is 15.8. The number of sulfonamides is 2. The lowest BCUT2D eigenvalue weighted by Crippen LogP contribution is -2.36. The standard InChI is InChI=1S/C19H23N3O5S2/c20-28(24,25)14-15-8-10-16(11-9-15)21-19(23)17-6-2-3-7-18(17)29(26,27)22-12-4-1-5-13-22/h2-3,6-11H,1,4-5,12-14H2,(H,21,23)(H2,20,24,25). The Bertz CT molecular complexity index is 1090. The molecule has 1 amide bonds. The summed E-state index contributed by atoms with van der Waals surface area (Å²) in [5.74, 6) is -0.863. The molecule has 2 aromatic carbocycles. The second-order valence-corrected chi connectivity index (χ2v) is 10.4. The summed E-state index contributed by atoms with van der Waals surface area (Å²) in [5, 5.41) is 7.68. The smallest absolute Gasteiger partial charge is 0.257 e. The van der Waals surface area contributed by atoms with E-state index in [9.17, 15) is 21.6 Å². The average Bonchev–Trinajstić information content (AvgIpc) is 2.69. The molecule has 1 saturated heterocycles. The Morgan fingerprint density at radius 1 is 0.931 bits per heavy atom. The molecule has 29 heavy (non-hydrogen) atoms. The number of nitrogens with zero attached hydrogens (tertiary/aromatic N) is 1. The third-order valence-electron chi connectivity index (χ3n) is 4.64. The van der Waals surface area contributed by atoms with Crippen LogP contribution in [0.5, 0.6) is 0 Å². The van der Waals surface area contributed by atoms with Crippen LogP contribution in [-0.4, -0.2) is 40.1 Å². The van der Waals surface area contributed by atoms with E-state index in [1.54, 1.807) is 24.3 Å². The second-order valence-electron chi connectivity index (χ2n) is 6.92. The van der Waals surface area contributed by atoms with Crippen LogP contribution in [0.1, 0.15) is 35.2 Å². The van der Waals surface area contributed by atoms with Crippen LogP contribution >= 0.6 is 0 Å². The molecule has 0 atom stereocenters. The van der Waals surface area contributed by atoms with Gasteiger partial charge >= 0.3 is 0 Å². The molecular weight excluding hydrogens is 414 g/mol. The molecule has 0 spiro atoms. The van der Waals surface area contributed by atoms with Crippen molar-refractivity contribution in [3.8, 4) is 0 Å². The monoisotopic (exact) mass is 437 g/mol. The zero-order chi connectivity index (χ0) is 21.1. The van der Waals surface area contributed by atoms with Gasteiger partial charge in [0.05, 0.1) is 16.2 Å². The van der Waals surface area contributed by atoms with Gasteiger partial charge in [-0.1, -0.05) is 30.7 Å². The maximum atomic E-state index is 13.0. The number of hydrogen-bond acceptors (Lipinski definition) is 5. The van der Waals surface area contributed by atoms with E-state index < -0.39 is 26.0 Å². The lowest BCUT2D eigenvalue weighted by molar-refractivity contribution is 0.102. The molecule has 1 aliphatic heterocycles. The molecule has 8 nitrogen and oxygen atoms in total. The molecule has 1 fully saturated rings. The first-order chi connectivity index (χ1) is 13.7. The number of amides is 1. The van der Waals surface area contributed by atoms with E-state index in [0.717, 1.165) is 19.3 Å². The van der Waals surface area contributed by atoms with Crippen molar-refractivity contribution >= 4 is 31.6 Å². The molecule has 0 aromatic heterocycles. The number of carbonyl (C=O) groups excluding carboxylic acids is 1. The molecule has 0 aliphatic carbocycles. The van der Waals surface area contributed by atoms with Gasteiger partial charge in [0.1, 0.15) is 0 Å². The Morgan fingerprint density at radius 2 is 1.55 bits per heavy atom. The van der Waals surface area contributed by atoms with E-state index >= 15 is 0 Å². The van der Waals surface area contributed by atoms with Gasteiger partial charge in [0.15, 0.2) is 0 Å². The number of rotatable bonds is 6. The molecule has 0 bridgehead atoms. The highest BCUT2D eigenvalue weighted by Gasteiger charge is 2.29. The fourth-order valence-electron chi connectivity index (χ4n) is 3.24. The van der Waals surface area contributed by atoms with Crippen LogP contribution in [0.4, 0.5) is 5.69 Å². The van der Waals surface area contributed by atoms with E-state index in [1.165, 1.54) is 28.6 Å². The van der Waals surface area contributed by atoms with E-state index in [1.807, 2.05) is 0 Å². The molecular formula is C19H23N3O5S2. The van der Waals surface area contributed by atoms with Crippen LogP contribution in [0.15, 0.2) is 53.4 Å². The molecule has 1 heterocycles. The summed E-state index contributed by atoms with van der Waals surface area (Å²) in [6.07, 6.45) is 2.60. The minimum absolute atomic E-state index is 0.0229. The van der Waals surface area contributed by atoms with Crippen molar-refractivity contribution in [2.45, 2.75) is 29.9 Å². The Morgan fingerprint density at radius 3 is 2.17 bits per heavy atom. The van der Waals surface area contributed by atoms with Crippen LogP contribution in [0.3, 0.4) is 0 Å². The summed E-state index contributed by atoms with van der Waals surface area (Å²) in [4.78, 5) is 12.7. The summed E-state index contributed by atoms with van der Waals surface area (Å²) in [5.41, 5.74) is 0.962. The highest BCUT2D eigenvalue weighted by molar-refractivity contribution is 7.89. The lowest BCUT2D eigenvalue weighted by atomic mass is 10.2. The van der Waals surface area contributed by atoms with Gasteiger partial charge in [0.25, 0.3) is 5.91 Å². The van der Waals surface area contributed by atoms with Gasteiger partial charge in [-0.3, -0.25) is 4.79 Å². The number of nitrogens with one attached hydrogen (secondary N) is 1. The van der Waals surface area contributed by atoms with Gasteiger partial charge in [0.2, 0.25) is 20.0 Å². The summed E-state index contributed by atoms with van der Waals surface area (Å²) in [7, 11) is -7.41. The number of anilines is 1. The van der Waals surface area contributed by atoms with E-state index in [0.29, 0.717) is 24.3 Å². The Hall–Kier alpha value is -2.27. The highest BCUT2D eigenvalue weighted by Crippen LogP contribution is 2.24. The zero-order valence-electron chi connectivity index (χ0n) is 15.7. The van der Waals surface area contributed by atoms with Gasteiger partial charge < -0.3 is 5.32 Å². The number of carbonyl (C=O) groups is 1. The molecule has 0 unspecified atom stereocenters. The maximum Gasteiger partial charge on any atom is 0.257 e. The van der Waals surface area contributed by atoms with Crippen molar-refractivity contribution in [3.63, 3.8) is 0 Å². The first kappa shape index (κ1) is 21.4. The predicted octanol–water partition coefficient (Wildman–Crippen LogP) is 1.90. The number of nitrogens with two attached hydrogens (primary N) is 1. The highest BCUT2D eigenvalue weighted by atomic mass is 32.2. The fourth-order valence-corrected chi connectivity index (χ4v) is 5.60. The SMILES string of the molecule is NS(=O)(=O)Cc1ccc(NC(=O)c2ccccc2S(=O)(=O)N2CCCCC2)cc1. The Labute approximate surface area is 170 Å². The number of hydrogen-bond donors (Lipinski definition) is 2. The van der Waals surface area contributed by atoms with Gasteiger partial charge in [-0.15, -0.1) is 0 Å². The van der Waals surface area contributed by atoms with Gasteiger partial charge in [-0.2, -0.15) is 4.31 Å².